The molecular weight excluding hydrogens is 376 g/mol. The van der Waals surface area contributed by atoms with Crippen LogP contribution >= 0.6 is 0 Å². The Morgan fingerprint density at radius 3 is 1.55 bits per heavy atom. The van der Waals surface area contributed by atoms with E-state index in [9.17, 15) is 19.8 Å². The van der Waals surface area contributed by atoms with E-state index in [-0.39, 0.29) is 23.0 Å². The van der Waals surface area contributed by atoms with Gasteiger partial charge in [-0.05, 0) is 36.4 Å². The number of carbonyl (C=O) groups excluding carboxylic acids is 2. The van der Waals surface area contributed by atoms with Gasteiger partial charge in [-0.25, -0.2) is 10.9 Å². The number of hydrazone groups is 2. The van der Waals surface area contributed by atoms with Crippen molar-refractivity contribution in [2.45, 2.75) is 0 Å². The zero-order valence-corrected chi connectivity index (χ0v) is 14.9. The number of phenolic OH excluding ortho intramolecular Hbond substituents is 2. The van der Waals surface area contributed by atoms with Crippen LogP contribution in [0.4, 0.5) is 0 Å². The fourth-order valence-electron chi connectivity index (χ4n) is 2.21. The van der Waals surface area contributed by atoms with Crippen LogP contribution in [0.2, 0.25) is 0 Å². The largest absolute Gasteiger partial charge is 0.507 e. The summed E-state index contributed by atoms with van der Waals surface area (Å²) in [5, 5.41) is 26.7. The van der Waals surface area contributed by atoms with Gasteiger partial charge in [-0.2, -0.15) is 10.2 Å². The first kappa shape index (κ1) is 19.4. The Hall–Kier alpha value is -4.40. The first-order valence-electron chi connectivity index (χ1n) is 8.37. The highest BCUT2D eigenvalue weighted by molar-refractivity contribution is 5.96. The molecule has 1 aromatic heterocycles. The van der Waals surface area contributed by atoms with Gasteiger partial charge in [0.05, 0.1) is 12.4 Å². The maximum absolute atomic E-state index is 12.0. The molecule has 3 rings (SSSR count). The van der Waals surface area contributed by atoms with Gasteiger partial charge in [-0.15, -0.1) is 0 Å². The minimum Gasteiger partial charge on any atom is -0.507 e. The molecule has 0 radical (unpaired) electrons. The number of para-hydroxylation sites is 2. The molecule has 3 aromatic rings. The SMILES string of the molecule is O=C(N/N=C/c1ccccc1O)c1ccc(C(=O)N/N=C/c2ccccc2O)o1. The lowest BCUT2D eigenvalue weighted by Crippen LogP contribution is -2.18. The average Bonchev–Trinajstić information content (AvgIpc) is 3.21. The predicted octanol–water partition coefficient (Wildman–Crippen LogP) is 2.22. The number of benzene rings is 2. The summed E-state index contributed by atoms with van der Waals surface area (Å²) in [7, 11) is 0. The molecule has 146 valence electrons. The van der Waals surface area contributed by atoms with Gasteiger partial charge in [-0.1, -0.05) is 24.3 Å². The van der Waals surface area contributed by atoms with E-state index in [1.807, 2.05) is 0 Å². The van der Waals surface area contributed by atoms with Gasteiger partial charge in [0.1, 0.15) is 11.5 Å². The lowest BCUT2D eigenvalue weighted by atomic mass is 10.2. The Kier molecular flexibility index (Phi) is 6.01. The number of rotatable bonds is 6. The third-order valence-corrected chi connectivity index (χ3v) is 3.67. The van der Waals surface area contributed by atoms with E-state index in [4.69, 9.17) is 4.42 Å². The van der Waals surface area contributed by atoms with E-state index < -0.39 is 11.8 Å². The number of aromatic hydroxyl groups is 2. The van der Waals surface area contributed by atoms with Crippen LogP contribution in [0.5, 0.6) is 11.5 Å². The van der Waals surface area contributed by atoms with Gasteiger partial charge in [0, 0.05) is 11.1 Å². The summed E-state index contributed by atoms with van der Waals surface area (Å²) in [4.78, 5) is 24.0. The van der Waals surface area contributed by atoms with Crippen molar-refractivity contribution in [1.82, 2.24) is 10.9 Å². The predicted molar refractivity (Wildman–Crippen MR) is 105 cm³/mol. The number of hydrogen-bond acceptors (Lipinski definition) is 7. The third kappa shape index (κ3) is 5.07. The van der Waals surface area contributed by atoms with Gasteiger partial charge in [0.2, 0.25) is 0 Å². The zero-order chi connectivity index (χ0) is 20.6. The van der Waals surface area contributed by atoms with E-state index in [0.29, 0.717) is 11.1 Å². The van der Waals surface area contributed by atoms with Gasteiger partial charge in [0.15, 0.2) is 11.5 Å². The van der Waals surface area contributed by atoms with Crippen LogP contribution in [-0.2, 0) is 0 Å². The number of phenols is 2. The minimum atomic E-state index is -0.673. The van der Waals surface area contributed by atoms with Crippen molar-refractivity contribution in [2.75, 3.05) is 0 Å². The molecule has 0 unspecified atom stereocenters. The van der Waals surface area contributed by atoms with Crippen LogP contribution in [0.3, 0.4) is 0 Å². The molecular formula is C20H16N4O5. The number of nitrogens with zero attached hydrogens (tertiary/aromatic N) is 2. The van der Waals surface area contributed by atoms with Crippen LogP contribution in [-0.4, -0.2) is 34.5 Å². The van der Waals surface area contributed by atoms with E-state index in [0.717, 1.165) is 0 Å². The molecule has 2 aromatic carbocycles. The zero-order valence-electron chi connectivity index (χ0n) is 14.9. The summed E-state index contributed by atoms with van der Waals surface area (Å²) in [5.41, 5.74) is 5.32. The van der Waals surface area contributed by atoms with Crippen LogP contribution < -0.4 is 10.9 Å². The standard InChI is InChI=1S/C20H16N4O5/c25-15-7-3-1-5-13(15)11-21-23-19(27)17-9-10-18(29-17)20(28)24-22-12-14-6-2-4-8-16(14)26/h1-12,25-26H,(H,23,27)(H,24,28)/b21-11+,22-12+. The van der Waals surface area contributed by atoms with Crippen molar-refractivity contribution in [3.63, 3.8) is 0 Å². The van der Waals surface area contributed by atoms with Gasteiger partial charge in [0.25, 0.3) is 0 Å². The molecule has 0 bridgehead atoms. The highest BCUT2D eigenvalue weighted by Gasteiger charge is 2.15. The fraction of sp³-hybridized carbons (Fsp3) is 0. The lowest BCUT2D eigenvalue weighted by Gasteiger charge is -1.99. The minimum absolute atomic E-state index is 0.0202. The molecule has 9 heteroatoms. The van der Waals surface area contributed by atoms with Crippen molar-refractivity contribution < 1.29 is 24.2 Å². The Balaban J connectivity index is 1.56. The lowest BCUT2D eigenvalue weighted by molar-refractivity contribution is 0.0902. The second kappa shape index (κ2) is 9.00. The first-order valence-corrected chi connectivity index (χ1v) is 8.37. The Bertz CT molecular complexity index is 1000. The molecule has 29 heavy (non-hydrogen) atoms. The highest BCUT2D eigenvalue weighted by atomic mass is 16.4. The quantitative estimate of drug-likeness (QED) is 0.377. The molecule has 0 atom stereocenters. The molecule has 0 fully saturated rings. The van der Waals surface area contributed by atoms with E-state index in [1.54, 1.807) is 36.4 Å². The molecule has 4 N–H and O–H groups in total. The third-order valence-electron chi connectivity index (χ3n) is 3.67. The second-order valence-electron chi connectivity index (χ2n) is 5.68. The maximum Gasteiger partial charge on any atom is 0.307 e. The average molecular weight is 392 g/mol. The van der Waals surface area contributed by atoms with E-state index in [2.05, 4.69) is 21.1 Å². The van der Waals surface area contributed by atoms with Crippen LogP contribution in [0, 0.1) is 0 Å². The second-order valence-corrected chi connectivity index (χ2v) is 5.68. The van der Waals surface area contributed by atoms with Gasteiger partial charge in [-0.3, -0.25) is 9.59 Å². The molecule has 1 heterocycles. The summed E-state index contributed by atoms with van der Waals surface area (Å²) >= 11 is 0. The number of carbonyl (C=O) groups is 2. The van der Waals surface area contributed by atoms with E-state index in [1.165, 1.54) is 36.7 Å². The van der Waals surface area contributed by atoms with Crippen LogP contribution in [0.1, 0.15) is 32.2 Å². The molecule has 0 spiro atoms. The van der Waals surface area contributed by atoms with Crippen molar-refractivity contribution in [3.8, 4) is 11.5 Å². The van der Waals surface area contributed by atoms with Crippen molar-refractivity contribution in [2.24, 2.45) is 10.2 Å². The molecule has 2 amide bonds. The number of amides is 2. The number of hydrogen-bond donors (Lipinski definition) is 4. The number of furan rings is 1. The Morgan fingerprint density at radius 1 is 0.724 bits per heavy atom. The van der Waals surface area contributed by atoms with E-state index >= 15 is 0 Å². The first-order chi connectivity index (χ1) is 14.0. The van der Waals surface area contributed by atoms with Gasteiger partial charge < -0.3 is 14.6 Å². The van der Waals surface area contributed by atoms with Crippen molar-refractivity contribution >= 4 is 24.2 Å². The summed E-state index contributed by atoms with van der Waals surface area (Å²) in [6, 6.07) is 15.6. The normalized spacial score (nSPS) is 11.0. The molecule has 0 saturated heterocycles. The molecule has 0 aliphatic heterocycles. The van der Waals surface area contributed by atoms with Gasteiger partial charge >= 0.3 is 11.8 Å². The van der Waals surface area contributed by atoms with Crippen molar-refractivity contribution in [3.05, 3.63) is 83.3 Å². The summed E-state index contributed by atoms with van der Waals surface area (Å²) < 4.78 is 5.19. The molecule has 0 aliphatic carbocycles. The van der Waals surface area contributed by atoms with Crippen LogP contribution in [0.15, 0.2) is 75.3 Å². The Labute approximate surface area is 165 Å². The van der Waals surface area contributed by atoms with Crippen LogP contribution in [0.25, 0.3) is 0 Å². The Morgan fingerprint density at radius 2 is 1.14 bits per heavy atom. The summed E-state index contributed by atoms with van der Waals surface area (Å²) in [5.74, 6) is -1.57. The van der Waals surface area contributed by atoms with Crippen molar-refractivity contribution in [1.29, 1.82) is 0 Å². The molecule has 0 aliphatic rings. The smallest absolute Gasteiger partial charge is 0.307 e. The maximum atomic E-state index is 12.0. The summed E-state index contributed by atoms with van der Waals surface area (Å²) in [6.07, 6.45) is 2.55. The summed E-state index contributed by atoms with van der Waals surface area (Å²) in [6.45, 7) is 0. The number of nitrogens with one attached hydrogen (secondary N) is 2. The molecule has 9 nitrogen and oxygen atoms in total. The fourth-order valence-corrected chi connectivity index (χ4v) is 2.21. The molecule has 0 saturated carbocycles. The topological polar surface area (TPSA) is 137 Å². The highest BCUT2D eigenvalue weighted by Crippen LogP contribution is 2.13. The monoisotopic (exact) mass is 392 g/mol.